The number of carbonyl (C=O) groups is 1. The SMILES string of the molecule is CCN(CC)C(=O)Cn1c(C)c(CC(C)N)c2ccccc21.Cl. The molecule has 1 atom stereocenters. The van der Waals surface area contributed by atoms with Crippen molar-refractivity contribution in [2.75, 3.05) is 13.1 Å². The normalized spacial score (nSPS) is 12.0. The van der Waals surface area contributed by atoms with Gasteiger partial charge in [0.15, 0.2) is 0 Å². The maximum absolute atomic E-state index is 12.5. The number of fused-ring (bicyclic) bond motifs is 1. The van der Waals surface area contributed by atoms with Crippen molar-refractivity contribution in [3.8, 4) is 0 Å². The monoisotopic (exact) mass is 337 g/mol. The Kier molecular flexibility index (Phi) is 7.10. The van der Waals surface area contributed by atoms with E-state index in [9.17, 15) is 4.79 Å². The van der Waals surface area contributed by atoms with E-state index in [2.05, 4.69) is 23.6 Å². The number of carbonyl (C=O) groups excluding carboxylic acids is 1. The summed E-state index contributed by atoms with van der Waals surface area (Å²) in [4.78, 5) is 14.4. The highest BCUT2D eigenvalue weighted by Crippen LogP contribution is 2.27. The zero-order valence-corrected chi connectivity index (χ0v) is 15.3. The Labute approximate surface area is 145 Å². The van der Waals surface area contributed by atoms with Gasteiger partial charge in [-0.25, -0.2) is 0 Å². The van der Waals surface area contributed by atoms with E-state index in [0.29, 0.717) is 6.54 Å². The molecule has 0 saturated heterocycles. The van der Waals surface area contributed by atoms with Gasteiger partial charge in [-0.1, -0.05) is 18.2 Å². The summed E-state index contributed by atoms with van der Waals surface area (Å²) in [5.41, 5.74) is 9.54. The second-order valence-electron chi connectivity index (χ2n) is 5.91. The molecule has 0 aliphatic carbocycles. The van der Waals surface area contributed by atoms with Crippen LogP contribution >= 0.6 is 12.4 Å². The van der Waals surface area contributed by atoms with Gasteiger partial charge in [0.1, 0.15) is 6.54 Å². The van der Waals surface area contributed by atoms with Gasteiger partial charge in [0, 0.05) is 35.7 Å². The van der Waals surface area contributed by atoms with Gasteiger partial charge < -0.3 is 15.2 Å². The summed E-state index contributed by atoms with van der Waals surface area (Å²) in [5, 5.41) is 1.21. The minimum atomic E-state index is 0. The Bertz CT molecular complexity index is 660. The molecule has 0 fully saturated rings. The molecular formula is C18H28ClN3O. The van der Waals surface area contributed by atoms with Gasteiger partial charge in [0.2, 0.25) is 5.91 Å². The van der Waals surface area contributed by atoms with E-state index < -0.39 is 0 Å². The lowest BCUT2D eigenvalue weighted by atomic mass is 10.0. The number of hydrogen-bond acceptors (Lipinski definition) is 2. The number of nitrogens with zero attached hydrogens (tertiary/aromatic N) is 2. The molecule has 0 radical (unpaired) electrons. The summed E-state index contributed by atoms with van der Waals surface area (Å²) in [6.07, 6.45) is 0.832. The number of para-hydroxylation sites is 1. The average Bonchev–Trinajstić information content (AvgIpc) is 2.74. The topological polar surface area (TPSA) is 51.3 Å². The van der Waals surface area contributed by atoms with Crippen LogP contribution in [0.3, 0.4) is 0 Å². The van der Waals surface area contributed by atoms with Gasteiger partial charge in [0.05, 0.1) is 0 Å². The van der Waals surface area contributed by atoms with Gasteiger partial charge in [-0.05, 0) is 45.7 Å². The van der Waals surface area contributed by atoms with E-state index in [-0.39, 0.29) is 24.4 Å². The molecule has 2 aromatic rings. The van der Waals surface area contributed by atoms with Crippen molar-refractivity contribution in [1.29, 1.82) is 0 Å². The van der Waals surface area contributed by atoms with Crippen molar-refractivity contribution in [3.05, 3.63) is 35.5 Å². The summed E-state index contributed by atoms with van der Waals surface area (Å²) in [7, 11) is 0. The molecule has 1 heterocycles. The molecule has 0 aliphatic heterocycles. The van der Waals surface area contributed by atoms with Crippen molar-refractivity contribution < 1.29 is 4.79 Å². The highest BCUT2D eigenvalue weighted by Gasteiger charge is 2.18. The van der Waals surface area contributed by atoms with Gasteiger partial charge in [0.25, 0.3) is 0 Å². The van der Waals surface area contributed by atoms with Crippen LogP contribution in [0.1, 0.15) is 32.0 Å². The minimum absolute atomic E-state index is 0. The molecule has 0 spiro atoms. The summed E-state index contributed by atoms with van der Waals surface area (Å²) < 4.78 is 2.13. The van der Waals surface area contributed by atoms with Gasteiger partial charge in [-0.3, -0.25) is 4.79 Å². The molecule has 5 heteroatoms. The summed E-state index contributed by atoms with van der Waals surface area (Å²) in [5.74, 6) is 0.168. The maximum Gasteiger partial charge on any atom is 0.242 e. The lowest BCUT2D eigenvalue weighted by Gasteiger charge is -2.20. The number of amides is 1. The first kappa shape index (κ1) is 19.5. The molecular weight excluding hydrogens is 310 g/mol. The number of aromatic nitrogens is 1. The molecule has 2 N–H and O–H groups in total. The van der Waals surface area contributed by atoms with E-state index in [1.807, 2.05) is 37.8 Å². The first-order valence-electron chi connectivity index (χ1n) is 8.09. The van der Waals surface area contributed by atoms with Crippen LogP contribution in [-0.4, -0.2) is 34.5 Å². The van der Waals surface area contributed by atoms with E-state index in [0.717, 1.165) is 30.7 Å². The third kappa shape index (κ3) is 4.06. The Hall–Kier alpha value is -1.52. The average molecular weight is 338 g/mol. The smallest absolute Gasteiger partial charge is 0.242 e. The number of rotatable bonds is 6. The summed E-state index contributed by atoms with van der Waals surface area (Å²) in [6.45, 7) is 10.0. The molecule has 1 aromatic heterocycles. The predicted molar refractivity (Wildman–Crippen MR) is 99.2 cm³/mol. The Morgan fingerprint density at radius 2 is 1.87 bits per heavy atom. The zero-order valence-electron chi connectivity index (χ0n) is 14.5. The highest BCUT2D eigenvalue weighted by molar-refractivity contribution is 5.87. The molecule has 0 saturated carbocycles. The minimum Gasteiger partial charge on any atom is -0.342 e. The quantitative estimate of drug-likeness (QED) is 0.880. The van der Waals surface area contributed by atoms with Crippen molar-refractivity contribution in [1.82, 2.24) is 9.47 Å². The predicted octanol–water partition coefficient (Wildman–Crippen LogP) is 3.13. The number of benzene rings is 1. The Morgan fingerprint density at radius 3 is 2.43 bits per heavy atom. The van der Waals surface area contributed by atoms with Crippen molar-refractivity contribution in [2.24, 2.45) is 5.73 Å². The van der Waals surface area contributed by atoms with Crippen LogP contribution < -0.4 is 5.73 Å². The second-order valence-corrected chi connectivity index (χ2v) is 5.91. The molecule has 0 aliphatic rings. The van der Waals surface area contributed by atoms with Crippen molar-refractivity contribution >= 4 is 29.2 Å². The Balaban J connectivity index is 0.00000264. The highest BCUT2D eigenvalue weighted by atomic mass is 35.5. The van der Waals surface area contributed by atoms with Crippen LogP contribution in [0.2, 0.25) is 0 Å². The largest absolute Gasteiger partial charge is 0.342 e. The van der Waals surface area contributed by atoms with E-state index in [4.69, 9.17) is 5.73 Å². The lowest BCUT2D eigenvalue weighted by molar-refractivity contribution is -0.131. The fourth-order valence-corrected chi connectivity index (χ4v) is 3.10. The molecule has 2 rings (SSSR count). The standard InChI is InChI=1S/C18H27N3O.ClH/c1-5-20(6-2)18(22)12-21-14(4)16(11-13(3)19)15-9-7-8-10-17(15)21;/h7-10,13H,5-6,11-12,19H2,1-4H3;1H. The second kappa shape index (κ2) is 8.37. The number of hydrogen-bond donors (Lipinski definition) is 1. The summed E-state index contributed by atoms with van der Waals surface area (Å²) in [6, 6.07) is 8.39. The van der Waals surface area contributed by atoms with Gasteiger partial charge >= 0.3 is 0 Å². The molecule has 1 unspecified atom stereocenters. The van der Waals surface area contributed by atoms with Crippen LogP contribution in [0.15, 0.2) is 24.3 Å². The first-order chi connectivity index (χ1) is 10.5. The van der Waals surface area contributed by atoms with Crippen LogP contribution in [0.5, 0.6) is 0 Å². The number of halogens is 1. The molecule has 128 valence electrons. The Morgan fingerprint density at radius 1 is 1.26 bits per heavy atom. The molecule has 1 aromatic carbocycles. The molecule has 23 heavy (non-hydrogen) atoms. The maximum atomic E-state index is 12.5. The molecule has 0 bridgehead atoms. The zero-order chi connectivity index (χ0) is 16.3. The van der Waals surface area contributed by atoms with Crippen LogP contribution in [0.25, 0.3) is 10.9 Å². The third-order valence-corrected chi connectivity index (χ3v) is 4.30. The number of nitrogens with two attached hydrogens (primary N) is 1. The number of likely N-dealkylation sites (N-methyl/N-ethyl adjacent to an activating group) is 1. The van der Waals surface area contributed by atoms with Gasteiger partial charge in [-0.15, -0.1) is 12.4 Å². The third-order valence-electron chi connectivity index (χ3n) is 4.30. The fourth-order valence-electron chi connectivity index (χ4n) is 3.10. The van der Waals surface area contributed by atoms with Crippen LogP contribution in [0, 0.1) is 6.92 Å². The first-order valence-corrected chi connectivity index (χ1v) is 8.09. The summed E-state index contributed by atoms with van der Waals surface area (Å²) >= 11 is 0. The lowest BCUT2D eigenvalue weighted by Crippen LogP contribution is -2.33. The fraction of sp³-hybridized carbons (Fsp3) is 0.500. The van der Waals surface area contributed by atoms with E-state index in [1.54, 1.807) is 0 Å². The molecule has 4 nitrogen and oxygen atoms in total. The van der Waals surface area contributed by atoms with Crippen LogP contribution in [0.4, 0.5) is 0 Å². The van der Waals surface area contributed by atoms with Crippen molar-refractivity contribution in [3.63, 3.8) is 0 Å². The molecule has 1 amide bonds. The van der Waals surface area contributed by atoms with E-state index in [1.165, 1.54) is 10.9 Å². The van der Waals surface area contributed by atoms with Crippen molar-refractivity contribution in [2.45, 2.75) is 46.7 Å². The van der Waals surface area contributed by atoms with Crippen LogP contribution in [-0.2, 0) is 17.8 Å². The van der Waals surface area contributed by atoms with E-state index >= 15 is 0 Å². The van der Waals surface area contributed by atoms with Gasteiger partial charge in [-0.2, -0.15) is 0 Å².